The monoisotopic (exact) mass is 300 g/mol. The number of piperidine rings is 1. The first kappa shape index (κ1) is 15.3. The summed E-state index contributed by atoms with van der Waals surface area (Å²) in [4.78, 5) is 18.1. The van der Waals surface area contributed by atoms with E-state index in [1.165, 1.54) is 12.8 Å². The van der Waals surface area contributed by atoms with Crippen LogP contribution in [0, 0.1) is 12.8 Å². The number of fused-ring (bicyclic) bond motifs is 1. The maximum Gasteiger partial charge on any atom is 0.189 e. The number of H-pyrrole nitrogens is 1. The highest BCUT2D eigenvalue weighted by molar-refractivity contribution is 5.79. The first-order chi connectivity index (χ1) is 10.7. The Hall–Kier alpha value is -1.65. The second kappa shape index (κ2) is 6.63. The molecule has 2 heterocycles. The zero-order chi connectivity index (χ0) is 15.5. The molecule has 22 heavy (non-hydrogen) atoms. The number of rotatable bonds is 4. The fourth-order valence-electron chi connectivity index (χ4n) is 3.41. The fourth-order valence-corrected chi connectivity index (χ4v) is 3.41. The number of benzene rings is 1. The quantitative estimate of drug-likeness (QED) is 0.944. The Kier molecular flexibility index (Phi) is 4.60. The summed E-state index contributed by atoms with van der Waals surface area (Å²) in [5.74, 6) is 0.605. The number of methoxy groups -OCH3 is 1. The van der Waals surface area contributed by atoms with Gasteiger partial charge in [0.1, 0.15) is 0 Å². The minimum absolute atomic E-state index is 0.109. The smallest absolute Gasteiger partial charge is 0.189 e. The van der Waals surface area contributed by atoms with Crippen LogP contribution in [0.3, 0.4) is 0 Å². The number of nitrogens with one attached hydrogen (secondary N) is 1. The van der Waals surface area contributed by atoms with Gasteiger partial charge in [-0.15, -0.1) is 0 Å². The second-order valence-corrected chi connectivity index (χ2v) is 6.41. The lowest BCUT2D eigenvalue weighted by Crippen LogP contribution is -2.37. The van der Waals surface area contributed by atoms with Crippen LogP contribution in [0.2, 0.25) is 0 Å². The fraction of sp³-hybridized carbons (Fsp3) is 0.500. The van der Waals surface area contributed by atoms with Crippen molar-refractivity contribution < 1.29 is 4.74 Å². The Morgan fingerprint density at radius 2 is 2.23 bits per heavy atom. The van der Waals surface area contributed by atoms with Crippen molar-refractivity contribution in [3.63, 3.8) is 0 Å². The van der Waals surface area contributed by atoms with E-state index < -0.39 is 0 Å². The van der Waals surface area contributed by atoms with Crippen molar-refractivity contribution in [1.82, 2.24) is 9.88 Å². The minimum Gasteiger partial charge on any atom is -0.384 e. The predicted molar refractivity (Wildman–Crippen MR) is 89.2 cm³/mol. The van der Waals surface area contributed by atoms with Crippen molar-refractivity contribution in [2.24, 2.45) is 5.92 Å². The van der Waals surface area contributed by atoms with E-state index in [9.17, 15) is 4.79 Å². The van der Waals surface area contributed by atoms with Gasteiger partial charge in [-0.1, -0.05) is 11.6 Å². The van der Waals surface area contributed by atoms with Crippen molar-refractivity contribution in [2.45, 2.75) is 26.3 Å². The van der Waals surface area contributed by atoms with Crippen molar-refractivity contribution in [2.75, 3.05) is 26.8 Å². The van der Waals surface area contributed by atoms with Crippen LogP contribution in [0.4, 0.5) is 0 Å². The average Bonchev–Trinajstić information content (AvgIpc) is 2.49. The van der Waals surface area contributed by atoms with Gasteiger partial charge in [0.15, 0.2) is 5.43 Å². The summed E-state index contributed by atoms with van der Waals surface area (Å²) in [6, 6.07) is 7.74. The van der Waals surface area contributed by atoms with Gasteiger partial charge in [0, 0.05) is 42.9 Å². The van der Waals surface area contributed by atoms with E-state index >= 15 is 0 Å². The molecule has 0 aliphatic carbocycles. The molecule has 4 nitrogen and oxygen atoms in total. The molecule has 1 fully saturated rings. The lowest BCUT2D eigenvalue weighted by Gasteiger charge is -2.32. The van der Waals surface area contributed by atoms with Gasteiger partial charge in [0.05, 0.1) is 6.61 Å². The van der Waals surface area contributed by atoms with Crippen LogP contribution in [-0.2, 0) is 11.3 Å². The highest BCUT2D eigenvalue weighted by Crippen LogP contribution is 2.19. The summed E-state index contributed by atoms with van der Waals surface area (Å²) in [5, 5.41) is 0.777. The van der Waals surface area contributed by atoms with Crippen LogP contribution in [-0.4, -0.2) is 36.7 Å². The van der Waals surface area contributed by atoms with Gasteiger partial charge < -0.3 is 9.72 Å². The maximum atomic E-state index is 12.3. The van der Waals surface area contributed by atoms with E-state index in [1.807, 2.05) is 25.1 Å². The molecule has 1 aliphatic heterocycles. The highest BCUT2D eigenvalue weighted by Gasteiger charge is 2.20. The molecule has 4 heteroatoms. The molecule has 0 saturated carbocycles. The molecular formula is C18H24N2O2. The topological polar surface area (TPSA) is 45.3 Å². The van der Waals surface area contributed by atoms with E-state index in [0.29, 0.717) is 5.92 Å². The molecule has 0 bridgehead atoms. The van der Waals surface area contributed by atoms with Crippen molar-refractivity contribution in [3.05, 3.63) is 45.7 Å². The number of aromatic amines is 1. The molecule has 0 unspecified atom stereocenters. The molecule has 0 radical (unpaired) electrons. The first-order valence-corrected chi connectivity index (χ1v) is 7.99. The molecule has 1 aliphatic rings. The largest absolute Gasteiger partial charge is 0.384 e. The Balaban J connectivity index is 1.79. The van der Waals surface area contributed by atoms with E-state index in [-0.39, 0.29) is 5.43 Å². The number of aromatic nitrogens is 1. The van der Waals surface area contributed by atoms with Crippen molar-refractivity contribution >= 4 is 10.9 Å². The summed E-state index contributed by atoms with van der Waals surface area (Å²) in [6.07, 6.45) is 2.43. The molecule has 1 N–H and O–H groups in total. The Morgan fingerprint density at radius 3 is 3.05 bits per heavy atom. The molecule has 118 valence electrons. The van der Waals surface area contributed by atoms with E-state index in [4.69, 9.17) is 4.74 Å². The summed E-state index contributed by atoms with van der Waals surface area (Å²) in [5.41, 5.74) is 3.15. The summed E-state index contributed by atoms with van der Waals surface area (Å²) in [6.45, 7) is 5.77. The summed E-state index contributed by atoms with van der Waals surface area (Å²) >= 11 is 0. The standard InChI is InChI=1S/C18H24N2O2/c1-13-5-6-17-16(8-13)18(21)9-15(19-17)11-20-7-3-4-14(10-20)12-22-2/h5-6,8-9,14H,3-4,7,10-12H2,1-2H3,(H,19,21)/t14-/m0/s1. The van der Waals surface area contributed by atoms with Crippen LogP contribution in [0.5, 0.6) is 0 Å². The van der Waals surface area contributed by atoms with Crippen LogP contribution in [0.25, 0.3) is 10.9 Å². The van der Waals surface area contributed by atoms with Crippen LogP contribution in [0.1, 0.15) is 24.1 Å². The zero-order valence-electron chi connectivity index (χ0n) is 13.4. The van der Waals surface area contributed by atoms with Gasteiger partial charge in [-0.3, -0.25) is 9.69 Å². The van der Waals surface area contributed by atoms with Crippen molar-refractivity contribution in [1.29, 1.82) is 0 Å². The lowest BCUT2D eigenvalue weighted by molar-refractivity contribution is 0.0868. The average molecular weight is 300 g/mol. The van der Waals surface area contributed by atoms with Crippen molar-refractivity contribution in [3.8, 4) is 0 Å². The van der Waals surface area contributed by atoms with Crippen LogP contribution in [0.15, 0.2) is 29.1 Å². The van der Waals surface area contributed by atoms with Gasteiger partial charge in [-0.2, -0.15) is 0 Å². The van der Waals surface area contributed by atoms with Gasteiger partial charge >= 0.3 is 0 Å². The molecular weight excluding hydrogens is 276 g/mol. The molecule has 2 aromatic rings. The van der Waals surface area contributed by atoms with Gasteiger partial charge in [0.25, 0.3) is 0 Å². The van der Waals surface area contributed by atoms with Crippen LogP contribution >= 0.6 is 0 Å². The molecule has 0 amide bonds. The van der Waals surface area contributed by atoms with Gasteiger partial charge in [-0.05, 0) is 44.4 Å². The third kappa shape index (κ3) is 3.39. The summed E-state index contributed by atoms with van der Waals surface area (Å²) < 4.78 is 5.28. The maximum absolute atomic E-state index is 12.3. The number of nitrogens with zero attached hydrogens (tertiary/aromatic N) is 1. The molecule has 1 saturated heterocycles. The Bertz CT molecular complexity index is 706. The molecule has 0 spiro atoms. The second-order valence-electron chi connectivity index (χ2n) is 6.41. The van der Waals surface area contributed by atoms with Gasteiger partial charge in [-0.25, -0.2) is 0 Å². The van der Waals surface area contributed by atoms with E-state index in [2.05, 4.69) is 9.88 Å². The zero-order valence-corrected chi connectivity index (χ0v) is 13.4. The highest BCUT2D eigenvalue weighted by atomic mass is 16.5. The van der Waals surface area contributed by atoms with E-state index in [0.717, 1.165) is 48.4 Å². The first-order valence-electron chi connectivity index (χ1n) is 7.99. The molecule has 1 atom stereocenters. The normalized spacial score (nSPS) is 19.6. The third-order valence-corrected chi connectivity index (χ3v) is 4.44. The Labute approximate surface area is 131 Å². The number of hydrogen-bond donors (Lipinski definition) is 1. The molecule has 1 aromatic heterocycles. The number of hydrogen-bond acceptors (Lipinski definition) is 3. The Morgan fingerprint density at radius 1 is 1.36 bits per heavy atom. The SMILES string of the molecule is COC[C@H]1CCCN(Cc2cc(=O)c3cc(C)ccc3[nH]2)C1. The molecule has 3 rings (SSSR count). The minimum atomic E-state index is 0.109. The number of ether oxygens (including phenoxy) is 1. The van der Waals surface area contributed by atoms with Gasteiger partial charge in [0.2, 0.25) is 0 Å². The van der Waals surface area contributed by atoms with Crippen LogP contribution < -0.4 is 5.43 Å². The lowest BCUT2D eigenvalue weighted by atomic mass is 9.99. The molecule has 1 aromatic carbocycles. The number of pyridine rings is 1. The third-order valence-electron chi connectivity index (χ3n) is 4.44. The summed E-state index contributed by atoms with van der Waals surface area (Å²) in [7, 11) is 1.77. The predicted octanol–water partition coefficient (Wildman–Crippen LogP) is 2.69. The number of aryl methyl sites for hydroxylation is 1. The number of likely N-dealkylation sites (tertiary alicyclic amines) is 1. The van der Waals surface area contributed by atoms with E-state index in [1.54, 1.807) is 13.2 Å².